The third-order valence-corrected chi connectivity index (χ3v) is 10.1. The highest BCUT2D eigenvalue weighted by Gasteiger charge is 2.48. The number of halogens is 1. The second-order valence-corrected chi connectivity index (χ2v) is 12.5. The van der Waals surface area contributed by atoms with Crippen molar-refractivity contribution in [3.05, 3.63) is 65.2 Å². The Bertz CT molecular complexity index is 1410. The Morgan fingerprint density at radius 1 is 1.10 bits per heavy atom. The number of ether oxygens (including phenoxy) is 2. The van der Waals surface area contributed by atoms with Gasteiger partial charge in [0.1, 0.15) is 5.75 Å². The van der Waals surface area contributed by atoms with Gasteiger partial charge in [0, 0.05) is 19.7 Å². The molecule has 2 aromatic carbocycles. The van der Waals surface area contributed by atoms with Crippen LogP contribution in [0.15, 0.2) is 59.5 Å². The molecule has 0 aliphatic carbocycles. The fraction of sp³-hybridized carbons (Fsp3) is 0.429. The van der Waals surface area contributed by atoms with Crippen molar-refractivity contribution in [2.45, 2.75) is 48.3 Å². The number of benzene rings is 2. The molecule has 2 aromatic rings. The number of hydrogen-bond acceptors (Lipinski definition) is 7. The van der Waals surface area contributed by atoms with Gasteiger partial charge in [0.15, 0.2) is 0 Å². The molecule has 0 saturated carbocycles. The molecule has 2 saturated heterocycles. The van der Waals surface area contributed by atoms with Gasteiger partial charge in [-0.1, -0.05) is 23.8 Å². The third-order valence-electron chi connectivity index (χ3n) is 7.93. The lowest BCUT2D eigenvalue weighted by Crippen LogP contribution is -2.57. The van der Waals surface area contributed by atoms with Crippen LogP contribution in [0.25, 0.3) is 0 Å². The molecule has 0 radical (unpaired) electrons. The summed E-state index contributed by atoms with van der Waals surface area (Å²) in [6, 6.07) is 9.67. The molecule has 2 amide bonds. The van der Waals surface area contributed by atoms with Crippen LogP contribution >= 0.6 is 11.6 Å². The largest absolute Gasteiger partial charge is 0.497 e. The fourth-order valence-corrected chi connectivity index (χ4v) is 7.23. The molecule has 4 aliphatic rings. The molecule has 2 unspecified atom stereocenters. The molecule has 2 fully saturated rings. The Kier molecular flexibility index (Phi) is 8.10. The number of carbonyl (C=O) groups excluding carboxylic acids is 2. The van der Waals surface area contributed by atoms with E-state index in [4.69, 9.17) is 26.8 Å². The summed E-state index contributed by atoms with van der Waals surface area (Å²) in [5, 5.41) is 3.18. The number of hydrogen-bond donors (Lipinski definition) is 2. The van der Waals surface area contributed by atoms with Crippen LogP contribution in [0.2, 0.25) is 5.02 Å². The predicted molar refractivity (Wildman–Crippen MR) is 151 cm³/mol. The first-order valence-electron chi connectivity index (χ1n) is 13.3. The van der Waals surface area contributed by atoms with Gasteiger partial charge in [0.2, 0.25) is 5.91 Å². The van der Waals surface area contributed by atoms with E-state index in [1.165, 1.54) is 29.6 Å². The monoisotopic (exact) mass is 588 g/mol. The van der Waals surface area contributed by atoms with Crippen molar-refractivity contribution in [3.63, 3.8) is 0 Å². The van der Waals surface area contributed by atoms with Gasteiger partial charge in [-0.25, -0.2) is 8.42 Å². The summed E-state index contributed by atoms with van der Waals surface area (Å²) in [6.45, 7) is 1.40. The lowest BCUT2D eigenvalue weighted by atomic mass is 9.84. The van der Waals surface area contributed by atoms with Crippen LogP contribution in [0.5, 0.6) is 5.75 Å². The molecular formula is C28H33ClN4O6S. The Labute approximate surface area is 239 Å². The van der Waals surface area contributed by atoms with E-state index in [2.05, 4.69) is 5.32 Å². The molecule has 3 N–H and O–H groups in total. The number of nitrogens with zero attached hydrogens (tertiary/aromatic N) is 2. The highest BCUT2D eigenvalue weighted by atomic mass is 35.5. The normalized spacial score (nSPS) is 25.5. The van der Waals surface area contributed by atoms with E-state index < -0.39 is 27.6 Å². The minimum Gasteiger partial charge on any atom is -0.497 e. The second kappa shape index (κ2) is 11.4. The summed E-state index contributed by atoms with van der Waals surface area (Å²) in [7, 11) is -2.61. The van der Waals surface area contributed by atoms with Crippen LogP contribution < -0.4 is 20.1 Å². The van der Waals surface area contributed by atoms with E-state index in [0.717, 1.165) is 0 Å². The van der Waals surface area contributed by atoms with Crippen molar-refractivity contribution in [2.24, 2.45) is 5.73 Å². The van der Waals surface area contributed by atoms with E-state index in [1.807, 2.05) is 0 Å². The molecule has 1 spiro atoms. The molecule has 10 nitrogen and oxygen atoms in total. The van der Waals surface area contributed by atoms with Gasteiger partial charge in [-0.15, -0.1) is 0 Å². The standard InChI is InChI=1S/C28H33ClN4O6S/c1-38-20-7-5-19(6-8-20)33-14-3-2-4-24(30)27(35)32-15-12-28(13-16-32)25(11-17-39-28)31-26(34)22-18-21(40(33,36)37)9-10-23(22)29/h2-3,5-10,18,24-25H,4,11-17,30H2,1H3,(H,31,34)/b3-2-. The fourth-order valence-electron chi connectivity index (χ4n) is 5.59. The molecular weight excluding hydrogens is 556 g/mol. The number of nitrogens with two attached hydrogens (primary N) is 1. The lowest BCUT2D eigenvalue weighted by molar-refractivity contribution is -0.138. The first-order chi connectivity index (χ1) is 19.1. The molecule has 4 heterocycles. The number of anilines is 1. The van der Waals surface area contributed by atoms with E-state index in [-0.39, 0.29) is 40.4 Å². The van der Waals surface area contributed by atoms with Crippen LogP contribution in [-0.2, 0) is 19.6 Å². The van der Waals surface area contributed by atoms with Crippen LogP contribution in [0.3, 0.4) is 0 Å². The Hall–Kier alpha value is -3.12. The molecule has 2 atom stereocenters. The number of fused-ring (bicyclic) bond motifs is 9. The van der Waals surface area contributed by atoms with E-state index in [0.29, 0.717) is 50.4 Å². The summed E-state index contributed by atoms with van der Waals surface area (Å²) in [5.74, 6) is -0.0685. The maximum atomic E-state index is 13.9. The topological polar surface area (TPSA) is 131 Å². The van der Waals surface area contributed by atoms with E-state index in [9.17, 15) is 18.0 Å². The zero-order valence-corrected chi connectivity index (χ0v) is 23.8. The summed E-state index contributed by atoms with van der Waals surface area (Å²) < 4.78 is 40.5. The van der Waals surface area contributed by atoms with Gasteiger partial charge in [0.05, 0.1) is 52.5 Å². The molecule has 6 rings (SSSR count). The third kappa shape index (κ3) is 5.43. The van der Waals surface area contributed by atoms with Crippen molar-refractivity contribution < 1.29 is 27.5 Å². The van der Waals surface area contributed by atoms with Crippen molar-refractivity contribution in [3.8, 4) is 5.75 Å². The number of nitrogens with one attached hydrogen (secondary N) is 1. The highest BCUT2D eigenvalue weighted by Crippen LogP contribution is 2.37. The van der Waals surface area contributed by atoms with Crippen LogP contribution in [0.4, 0.5) is 5.69 Å². The number of methoxy groups -OCH3 is 1. The minimum absolute atomic E-state index is 0.0224. The van der Waals surface area contributed by atoms with Gasteiger partial charge >= 0.3 is 0 Å². The average molecular weight is 589 g/mol. The number of amides is 2. The molecule has 214 valence electrons. The maximum absolute atomic E-state index is 13.9. The second-order valence-electron chi connectivity index (χ2n) is 10.2. The molecule has 40 heavy (non-hydrogen) atoms. The molecule has 12 heteroatoms. The van der Waals surface area contributed by atoms with Gasteiger partial charge in [0.25, 0.3) is 15.9 Å². The van der Waals surface area contributed by atoms with E-state index >= 15 is 0 Å². The summed E-state index contributed by atoms with van der Waals surface area (Å²) in [4.78, 5) is 28.2. The van der Waals surface area contributed by atoms with Gasteiger partial charge in [-0.05, 0) is 68.1 Å². The van der Waals surface area contributed by atoms with Crippen molar-refractivity contribution in [1.29, 1.82) is 0 Å². The van der Waals surface area contributed by atoms with Gasteiger partial charge < -0.3 is 25.4 Å². The zero-order valence-electron chi connectivity index (χ0n) is 22.2. The molecule has 4 aliphatic heterocycles. The van der Waals surface area contributed by atoms with Crippen molar-refractivity contribution >= 4 is 39.1 Å². The van der Waals surface area contributed by atoms with Crippen LogP contribution in [0, 0.1) is 0 Å². The number of carbonyl (C=O) groups is 2. The number of sulfonamides is 1. The first kappa shape index (κ1) is 28.4. The zero-order chi connectivity index (χ0) is 28.5. The van der Waals surface area contributed by atoms with Gasteiger partial charge in [-0.2, -0.15) is 0 Å². The Morgan fingerprint density at radius 2 is 1.82 bits per heavy atom. The number of piperidine rings is 1. The van der Waals surface area contributed by atoms with Crippen molar-refractivity contribution in [1.82, 2.24) is 10.2 Å². The maximum Gasteiger partial charge on any atom is 0.264 e. The molecule has 4 bridgehead atoms. The smallest absolute Gasteiger partial charge is 0.264 e. The van der Waals surface area contributed by atoms with Crippen LogP contribution in [0.1, 0.15) is 36.0 Å². The lowest BCUT2D eigenvalue weighted by Gasteiger charge is -2.42. The SMILES string of the molecule is COc1ccc(N2C/C=C\CC(N)C(=O)N3CCC4(CC3)OCCC4NC(=O)c3cc(ccc3Cl)S2(=O)=O)cc1. The van der Waals surface area contributed by atoms with Crippen molar-refractivity contribution in [2.75, 3.05) is 37.7 Å². The van der Waals surface area contributed by atoms with Crippen LogP contribution in [-0.4, -0.2) is 76.2 Å². The quantitative estimate of drug-likeness (QED) is 0.516. The average Bonchev–Trinajstić information content (AvgIpc) is 3.33. The van der Waals surface area contributed by atoms with Gasteiger partial charge in [-0.3, -0.25) is 13.9 Å². The Morgan fingerprint density at radius 3 is 2.52 bits per heavy atom. The number of rotatable bonds is 2. The van der Waals surface area contributed by atoms with E-state index in [1.54, 1.807) is 41.3 Å². The molecule has 0 aromatic heterocycles. The highest BCUT2D eigenvalue weighted by molar-refractivity contribution is 7.92. The first-order valence-corrected chi connectivity index (χ1v) is 15.1. The predicted octanol–water partition coefficient (Wildman–Crippen LogP) is 2.71. The summed E-state index contributed by atoms with van der Waals surface area (Å²) in [6.07, 6.45) is 5.38. The minimum atomic E-state index is -4.13. The summed E-state index contributed by atoms with van der Waals surface area (Å²) in [5.41, 5.74) is 6.09. The Balaban J connectivity index is 1.55. The summed E-state index contributed by atoms with van der Waals surface area (Å²) >= 11 is 6.41.